The van der Waals surface area contributed by atoms with Gasteiger partial charge in [-0.2, -0.15) is 0 Å². The molecule has 2 aromatic rings. The zero-order valence-electron chi connectivity index (χ0n) is 15.5. The molecule has 0 aromatic carbocycles. The van der Waals surface area contributed by atoms with Gasteiger partial charge in [-0.1, -0.05) is 0 Å². The predicted octanol–water partition coefficient (Wildman–Crippen LogP) is 4.89. The van der Waals surface area contributed by atoms with Gasteiger partial charge in [0.1, 0.15) is 11.6 Å². The lowest BCUT2D eigenvalue weighted by molar-refractivity contribution is -0.0361. The van der Waals surface area contributed by atoms with Gasteiger partial charge in [0, 0.05) is 49.1 Å². The third-order valence-corrected chi connectivity index (χ3v) is 6.23. The van der Waals surface area contributed by atoms with Crippen LogP contribution in [0.3, 0.4) is 0 Å². The van der Waals surface area contributed by atoms with Crippen molar-refractivity contribution in [3.05, 3.63) is 17.1 Å². The number of halogens is 2. The van der Waals surface area contributed by atoms with Crippen molar-refractivity contribution in [2.75, 3.05) is 23.3 Å². The summed E-state index contributed by atoms with van der Waals surface area (Å²) < 4.78 is 26.9. The van der Waals surface area contributed by atoms with E-state index in [1.54, 1.807) is 0 Å². The zero-order chi connectivity index (χ0) is 18.9. The number of nitrogens with one attached hydrogen (secondary N) is 1. The maximum absolute atomic E-state index is 13.4. The minimum atomic E-state index is -2.52. The summed E-state index contributed by atoms with van der Waals surface area (Å²) in [4.78, 5) is 16.2. The second-order valence-electron chi connectivity index (χ2n) is 7.55. The number of thiazole rings is 1. The van der Waals surface area contributed by atoms with Crippen molar-refractivity contribution in [1.29, 1.82) is 0 Å². The maximum atomic E-state index is 13.4. The Morgan fingerprint density at radius 3 is 2.52 bits per heavy atom. The first kappa shape index (κ1) is 18.5. The van der Waals surface area contributed by atoms with Gasteiger partial charge in [0.2, 0.25) is 5.92 Å². The molecule has 8 heteroatoms. The minimum Gasteiger partial charge on any atom is -0.367 e. The molecule has 1 aliphatic heterocycles. The van der Waals surface area contributed by atoms with Gasteiger partial charge in [0.05, 0.1) is 0 Å². The van der Waals surface area contributed by atoms with Gasteiger partial charge >= 0.3 is 0 Å². The SMILES string of the molecule is Cc1csc(-c2nc(NC3CCC(F)(F)CC3)cc(N3CCCCC3)n2)n1. The summed E-state index contributed by atoms with van der Waals surface area (Å²) >= 11 is 1.53. The summed E-state index contributed by atoms with van der Waals surface area (Å²) in [5.41, 5.74) is 0.950. The second kappa shape index (κ2) is 7.66. The number of aryl methyl sites for hydroxylation is 1. The first-order valence-corrected chi connectivity index (χ1v) is 10.6. The second-order valence-corrected chi connectivity index (χ2v) is 8.41. The summed E-state index contributed by atoms with van der Waals surface area (Å²) in [5, 5.41) is 6.17. The molecule has 5 nitrogen and oxygen atoms in total. The van der Waals surface area contributed by atoms with Gasteiger partial charge in [0.25, 0.3) is 0 Å². The largest absolute Gasteiger partial charge is 0.367 e. The van der Waals surface area contributed by atoms with E-state index in [0.717, 1.165) is 42.5 Å². The van der Waals surface area contributed by atoms with E-state index >= 15 is 0 Å². The molecule has 0 unspecified atom stereocenters. The van der Waals surface area contributed by atoms with Crippen molar-refractivity contribution in [2.24, 2.45) is 0 Å². The first-order chi connectivity index (χ1) is 13.0. The Kier molecular flexibility index (Phi) is 5.25. The Morgan fingerprint density at radius 2 is 1.85 bits per heavy atom. The molecule has 1 N–H and O–H groups in total. The number of piperidine rings is 1. The van der Waals surface area contributed by atoms with Gasteiger partial charge in [0.15, 0.2) is 10.8 Å². The molecule has 1 saturated heterocycles. The van der Waals surface area contributed by atoms with E-state index in [0.29, 0.717) is 24.5 Å². The molecule has 2 aromatic heterocycles. The molecular formula is C19H25F2N5S. The minimum absolute atomic E-state index is 0.0274. The quantitative estimate of drug-likeness (QED) is 0.802. The predicted molar refractivity (Wildman–Crippen MR) is 105 cm³/mol. The van der Waals surface area contributed by atoms with Crippen LogP contribution in [0.1, 0.15) is 50.6 Å². The molecule has 0 amide bonds. The smallest absolute Gasteiger partial charge is 0.248 e. The van der Waals surface area contributed by atoms with Crippen molar-refractivity contribution in [3.8, 4) is 10.8 Å². The molecule has 1 aliphatic carbocycles. The monoisotopic (exact) mass is 393 g/mol. The zero-order valence-corrected chi connectivity index (χ0v) is 16.4. The topological polar surface area (TPSA) is 53.9 Å². The number of hydrogen-bond donors (Lipinski definition) is 1. The number of nitrogens with zero attached hydrogens (tertiary/aromatic N) is 4. The van der Waals surface area contributed by atoms with E-state index in [1.165, 1.54) is 17.8 Å². The van der Waals surface area contributed by atoms with Crippen molar-refractivity contribution in [3.63, 3.8) is 0 Å². The van der Waals surface area contributed by atoms with Crippen LogP contribution >= 0.6 is 11.3 Å². The molecule has 0 bridgehead atoms. The molecule has 1 saturated carbocycles. The Labute approximate surface area is 162 Å². The number of hydrogen-bond acceptors (Lipinski definition) is 6. The van der Waals surface area contributed by atoms with Crippen molar-refractivity contribution in [1.82, 2.24) is 15.0 Å². The van der Waals surface area contributed by atoms with Gasteiger partial charge in [-0.25, -0.2) is 23.7 Å². The normalized spacial score (nSPS) is 20.6. The molecule has 0 atom stereocenters. The summed E-state index contributed by atoms with van der Waals surface area (Å²) in [6, 6.07) is 1.99. The number of rotatable bonds is 4. The Morgan fingerprint density at radius 1 is 1.11 bits per heavy atom. The number of anilines is 2. The number of alkyl halides is 2. The standard InChI is InChI=1S/C19H25F2N5S/c1-13-12-27-18(22-13)17-24-15(23-14-5-7-19(20,21)8-6-14)11-16(25-17)26-9-3-2-4-10-26/h11-12,14H,2-10H2,1H3,(H,23,24,25). The first-order valence-electron chi connectivity index (χ1n) is 9.69. The van der Waals surface area contributed by atoms with Crippen LogP contribution in [0.4, 0.5) is 20.4 Å². The van der Waals surface area contributed by atoms with Crippen LogP contribution in [-0.2, 0) is 0 Å². The van der Waals surface area contributed by atoms with E-state index in [1.807, 2.05) is 18.4 Å². The molecular weight excluding hydrogens is 368 g/mol. The van der Waals surface area contributed by atoms with E-state index in [2.05, 4.69) is 20.2 Å². The van der Waals surface area contributed by atoms with Crippen LogP contribution in [0.5, 0.6) is 0 Å². The van der Waals surface area contributed by atoms with Crippen molar-refractivity contribution in [2.45, 2.75) is 63.8 Å². The van der Waals surface area contributed by atoms with Crippen LogP contribution in [0.2, 0.25) is 0 Å². The molecule has 0 radical (unpaired) electrons. The van der Waals surface area contributed by atoms with E-state index in [4.69, 9.17) is 4.98 Å². The lowest BCUT2D eigenvalue weighted by Crippen LogP contribution is -2.33. The molecule has 2 fully saturated rings. The third kappa shape index (κ3) is 4.54. The fraction of sp³-hybridized carbons (Fsp3) is 0.632. The van der Waals surface area contributed by atoms with Crippen molar-refractivity contribution >= 4 is 23.0 Å². The molecule has 0 spiro atoms. The summed E-state index contributed by atoms with van der Waals surface area (Å²) in [6.45, 7) is 3.93. The van der Waals surface area contributed by atoms with Gasteiger partial charge in [-0.15, -0.1) is 11.3 Å². The van der Waals surface area contributed by atoms with Crippen molar-refractivity contribution < 1.29 is 8.78 Å². The molecule has 146 valence electrons. The van der Waals surface area contributed by atoms with Gasteiger partial charge in [-0.3, -0.25) is 0 Å². The molecule has 4 rings (SSSR count). The highest BCUT2D eigenvalue weighted by molar-refractivity contribution is 7.13. The van der Waals surface area contributed by atoms with Crippen LogP contribution in [0.15, 0.2) is 11.4 Å². The van der Waals surface area contributed by atoms with E-state index in [-0.39, 0.29) is 18.9 Å². The van der Waals surface area contributed by atoms with E-state index < -0.39 is 5.92 Å². The van der Waals surface area contributed by atoms with E-state index in [9.17, 15) is 8.78 Å². The van der Waals surface area contributed by atoms with Gasteiger partial charge < -0.3 is 10.2 Å². The highest BCUT2D eigenvalue weighted by Crippen LogP contribution is 2.35. The summed E-state index contributed by atoms with van der Waals surface area (Å²) in [5.74, 6) is -0.300. The fourth-order valence-electron chi connectivity index (χ4n) is 3.74. The fourth-order valence-corrected chi connectivity index (χ4v) is 4.47. The lowest BCUT2D eigenvalue weighted by Gasteiger charge is -2.30. The van der Waals surface area contributed by atoms with Crippen LogP contribution in [-0.4, -0.2) is 40.0 Å². The molecule has 27 heavy (non-hydrogen) atoms. The molecule has 2 aliphatic rings. The summed E-state index contributed by atoms with van der Waals surface area (Å²) in [6.07, 6.45) is 4.37. The summed E-state index contributed by atoms with van der Waals surface area (Å²) in [7, 11) is 0. The average Bonchev–Trinajstić information content (AvgIpc) is 3.10. The third-order valence-electron chi connectivity index (χ3n) is 5.27. The maximum Gasteiger partial charge on any atom is 0.248 e. The lowest BCUT2D eigenvalue weighted by atomic mass is 9.92. The Bertz CT molecular complexity index is 778. The van der Waals surface area contributed by atoms with Crippen LogP contribution < -0.4 is 10.2 Å². The highest BCUT2D eigenvalue weighted by atomic mass is 32.1. The Hall–Kier alpha value is -1.83. The number of aromatic nitrogens is 3. The van der Waals surface area contributed by atoms with Gasteiger partial charge in [-0.05, 0) is 39.0 Å². The highest BCUT2D eigenvalue weighted by Gasteiger charge is 2.35. The Balaban J connectivity index is 1.59. The average molecular weight is 394 g/mol. The molecule has 3 heterocycles. The van der Waals surface area contributed by atoms with Crippen LogP contribution in [0.25, 0.3) is 10.8 Å². The van der Waals surface area contributed by atoms with Crippen LogP contribution in [0, 0.1) is 6.92 Å².